The Morgan fingerprint density at radius 3 is 2.79 bits per heavy atom. The molecule has 33 heavy (non-hydrogen) atoms. The number of Topliss-reactive ketones (excluding diaryl/α,β-unsaturated/α-hetero) is 1. The SMILES string of the molecule is CCC1OC2CC3C4CCC5=CC(=O)C=CC5(C)C4C(O)CC3(C)C2(C(=O)COC(N)=O)O1. The number of allylic oxidation sites excluding steroid dienone is 4. The van der Waals surface area contributed by atoms with Crippen molar-refractivity contribution in [2.24, 2.45) is 34.3 Å². The van der Waals surface area contributed by atoms with Gasteiger partial charge in [-0.1, -0.05) is 32.4 Å². The summed E-state index contributed by atoms with van der Waals surface area (Å²) in [5.41, 5.74) is 3.83. The normalized spacial score (nSPS) is 47.8. The van der Waals surface area contributed by atoms with Gasteiger partial charge in [0.15, 0.2) is 24.3 Å². The number of hydrogen-bond acceptors (Lipinski definition) is 7. The van der Waals surface area contributed by atoms with Crippen molar-refractivity contribution in [3.63, 3.8) is 0 Å². The molecule has 180 valence electrons. The molecule has 1 aliphatic heterocycles. The Balaban J connectivity index is 1.54. The number of carbonyl (C=O) groups excluding carboxylic acids is 3. The second kappa shape index (κ2) is 7.48. The van der Waals surface area contributed by atoms with Crippen molar-refractivity contribution in [3.8, 4) is 0 Å². The van der Waals surface area contributed by atoms with E-state index in [-0.39, 0.29) is 29.3 Å². The summed E-state index contributed by atoms with van der Waals surface area (Å²) in [5, 5.41) is 11.6. The predicted molar refractivity (Wildman–Crippen MR) is 117 cm³/mol. The lowest BCUT2D eigenvalue weighted by molar-refractivity contribution is -0.199. The molecule has 0 aromatic heterocycles. The molecular weight excluding hydrogens is 426 g/mol. The number of carbonyl (C=O) groups is 3. The molecule has 3 N–H and O–H groups in total. The zero-order valence-electron chi connectivity index (χ0n) is 19.4. The van der Waals surface area contributed by atoms with Crippen LogP contribution in [0, 0.1) is 28.6 Å². The summed E-state index contributed by atoms with van der Waals surface area (Å²) in [6, 6.07) is 0. The topological polar surface area (TPSA) is 125 Å². The second-order valence-electron chi connectivity index (χ2n) is 10.8. The van der Waals surface area contributed by atoms with Crippen LogP contribution in [-0.2, 0) is 23.8 Å². The van der Waals surface area contributed by atoms with Crippen LogP contribution in [0.25, 0.3) is 0 Å². The third-order valence-electron chi connectivity index (χ3n) is 9.38. The Labute approximate surface area is 193 Å². The average molecular weight is 460 g/mol. The molecule has 8 heteroatoms. The minimum Gasteiger partial charge on any atom is -0.442 e. The monoisotopic (exact) mass is 459 g/mol. The van der Waals surface area contributed by atoms with Crippen LogP contribution >= 0.6 is 0 Å². The van der Waals surface area contributed by atoms with Crippen LogP contribution in [-0.4, -0.2) is 53.5 Å². The summed E-state index contributed by atoms with van der Waals surface area (Å²) in [6.07, 6.45) is 5.81. The van der Waals surface area contributed by atoms with Crippen molar-refractivity contribution in [1.29, 1.82) is 0 Å². The summed E-state index contributed by atoms with van der Waals surface area (Å²) in [5.74, 6) is -0.203. The standard InChI is InChI=1S/C25H33NO7/c1-4-20-32-19-10-16-15-6-5-13-9-14(27)7-8-23(13,2)21(15)17(28)11-24(16,3)25(19,33-20)18(29)12-31-22(26)30/h7-9,15-17,19-21,28H,4-6,10-12H2,1-3H3,(H2,26,30). The molecule has 9 atom stereocenters. The number of ether oxygens (including phenoxy) is 3. The smallest absolute Gasteiger partial charge is 0.404 e. The van der Waals surface area contributed by atoms with Crippen LogP contribution in [0.5, 0.6) is 0 Å². The van der Waals surface area contributed by atoms with E-state index in [1.165, 1.54) is 0 Å². The number of hydrogen-bond donors (Lipinski definition) is 2. The minimum absolute atomic E-state index is 0.00197. The molecule has 5 rings (SSSR count). The first-order chi connectivity index (χ1) is 15.6. The molecule has 1 amide bonds. The molecule has 3 saturated carbocycles. The van der Waals surface area contributed by atoms with Crippen LogP contribution in [0.15, 0.2) is 23.8 Å². The van der Waals surface area contributed by atoms with E-state index in [1.54, 1.807) is 12.2 Å². The summed E-state index contributed by atoms with van der Waals surface area (Å²) >= 11 is 0. The molecule has 0 aromatic rings. The van der Waals surface area contributed by atoms with E-state index >= 15 is 0 Å². The van der Waals surface area contributed by atoms with Gasteiger partial charge in [-0.25, -0.2) is 4.79 Å². The Bertz CT molecular complexity index is 958. The predicted octanol–water partition coefficient (Wildman–Crippen LogP) is 2.43. The Hall–Kier alpha value is -2.03. The van der Waals surface area contributed by atoms with Gasteiger partial charge in [0.25, 0.3) is 0 Å². The van der Waals surface area contributed by atoms with Gasteiger partial charge in [0.2, 0.25) is 5.78 Å². The molecule has 0 aromatic carbocycles. The van der Waals surface area contributed by atoms with Gasteiger partial charge in [-0.2, -0.15) is 0 Å². The van der Waals surface area contributed by atoms with Crippen LogP contribution in [0.4, 0.5) is 4.79 Å². The van der Waals surface area contributed by atoms with Crippen molar-refractivity contribution in [2.45, 2.75) is 77.0 Å². The first kappa shape index (κ1) is 22.7. The quantitative estimate of drug-likeness (QED) is 0.661. The van der Waals surface area contributed by atoms with Crippen molar-refractivity contribution in [1.82, 2.24) is 0 Å². The molecule has 5 aliphatic rings. The van der Waals surface area contributed by atoms with Crippen LogP contribution < -0.4 is 5.73 Å². The molecule has 0 spiro atoms. The summed E-state index contributed by atoms with van der Waals surface area (Å²) in [6.45, 7) is 5.59. The van der Waals surface area contributed by atoms with Gasteiger partial charge < -0.3 is 25.1 Å². The number of rotatable bonds is 4. The van der Waals surface area contributed by atoms with Crippen molar-refractivity contribution >= 4 is 17.7 Å². The highest BCUT2D eigenvalue weighted by Gasteiger charge is 2.75. The molecular formula is C25H33NO7. The second-order valence-corrected chi connectivity index (χ2v) is 10.8. The summed E-state index contributed by atoms with van der Waals surface area (Å²) < 4.78 is 17.5. The van der Waals surface area contributed by atoms with E-state index in [0.717, 1.165) is 18.4 Å². The number of ketones is 2. The maximum atomic E-state index is 13.6. The van der Waals surface area contributed by atoms with Gasteiger partial charge in [0.1, 0.15) is 0 Å². The van der Waals surface area contributed by atoms with Gasteiger partial charge in [-0.3, -0.25) is 9.59 Å². The van der Waals surface area contributed by atoms with Gasteiger partial charge in [-0.15, -0.1) is 0 Å². The fourth-order valence-electron chi connectivity index (χ4n) is 8.07. The molecule has 1 saturated heterocycles. The Morgan fingerprint density at radius 1 is 1.33 bits per heavy atom. The van der Waals surface area contributed by atoms with Gasteiger partial charge >= 0.3 is 6.09 Å². The van der Waals surface area contributed by atoms with Crippen LogP contribution in [0.1, 0.15) is 52.9 Å². The van der Waals surface area contributed by atoms with E-state index in [2.05, 4.69) is 6.92 Å². The summed E-state index contributed by atoms with van der Waals surface area (Å²) in [4.78, 5) is 36.8. The highest BCUT2D eigenvalue weighted by atomic mass is 16.7. The Morgan fingerprint density at radius 2 is 2.09 bits per heavy atom. The van der Waals surface area contributed by atoms with Crippen molar-refractivity contribution < 1.29 is 33.7 Å². The van der Waals surface area contributed by atoms with E-state index in [4.69, 9.17) is 19.9 Å². The first-order valence-corrected chi connectivity index (χ1v) is 12.0. The first-order valence-electron chi connectivity index (χ1n) is 12.0. The van der Waals surface area contributed by atoms with Gasteiger partial charge in [0, 0.05) is 16.7 Å². The highest BCUT2D eigenvalue weighted by molar-refractivity contribution is 6.01. The molecule has 4 aliphatic carbocycles. The van der Waals surface area contributed by atoms with E-state index in [9.17, 15) is 19.5 Å². The fraction of sp³-hybridized carbons (Fsp3) is 0.720. The highest BCUT2D eigenvalue weighted by Crippen LogP contribution is 2.69. The fourth-order valence-corrected chi connectivity index (χ4v) is 8.07. The zero-order valence-corrected chi connectivity index (χ0v) is 19.4. The van der Waals surface area contributed by atoms with Crippen LogP contribution in [0.3, 0.4) is 0 Å². The van der Waals surface area contributed by atoms with E-state index < -0.39 is 47.6 Å². The maximum Gasteiger partial charge on any atom is 0.404 e. The number of aliphatic hydroxyl groups excluding tert-OH is 1. The number of fused-ring (bicyclic) bond motifs is 7. The number of aliphatic hydroxyl groups is 1. The van der Waals surface area contributed by atoms with E-state index in [1.807, 2.05) is 19.9 Å². The van der Waals surface area contributed by atoms with Gasteiger partial charge in [-0.05, 0) is 56.1 Å². The Kier molecular flexibility index (Phi) is 5.16. The minimum atomic E-state index is -1.30. The molecule has 0 radical (unpaired) electrons. The summed E-state index contributed by atoms with van der Waals surface area (Å²) in [7, 11) is 0. The van der Waals surface area contributed by atoms with Crippen LogP contribution in [0.2, 0.25) is 0 Å². The van der Waals surface area contributed by atoms with Crippen molar-refractivity contribution in [3.05, 3.63) is 23.8 Å². The molecule has 8 nitrogen and oxygen atoms in total. The lowest BCUT2D eigenvalue weighted by Crippen LogP contribution is -2.63. The zero-order chi connectivity index (χ0) is 23.8. The third-order valence-corrected chi connectivity index (χ3v) is 9.38. The number of nitrogens with two attached hydrogens (primary N) is 1. The average Bonchev–Trinajstić information content (AvgIpc) is 3.25. The van der Waals surface area contributed by atoms with Crippen molar-refractivity contribution in [2.75, 3.05) is 6.61 Å². The number of primary amides is 1. The molecule has 4 fully saturated rings. The lowest BCUT2D eigenvalue weighted by atomic mass is 9.46. The van der Waals surface area contributed by atoms with Gasteiger partial charge in [0.05, 0.1) is 12.2 Å². The molecule has 0 bridgehead atoms. The number of amides is 1. The molecule has 9 unspecified atom stereocenters. The lowest BCUT2D eigenvalue weighted by Gasteiger charge is -2.59. The van der Waals surface area contributed by atoms with E-state index in [0.29, 0.717) is 19.3 Å². The molecule has 1 heterocycles. The third kappa shape index (κ3) is 2.96. The largest absolute Gasteiger partial charge is 0.442 e. The maximum absolute atomic E-state index is 13.6.